The van der Waals surface area contributed by atoms with Gasteiger partial charge in [0.15, 0.2) is 5.82 Å². The van der Waals surface area contributed by atoms with Crippen molar-refractivity contribution in [1.82, 2.24) is 15.3 Å². The highest BCUT2D eigenvalue weighted by atomic mass is 32.2. The van der Waals surface area contributed by atoms with E-state index in [0.717, 1.165) is 18.4 Å². The van der Waals surface area contributed by atoms with Crippen LogP contribution in [0.2, 0.25) is 0 Å². The second kappa shape index (κ2) is 12.9. The molecule has 1 heterocycles. The van der Waals surface area contributed by atoms with E-state index in [1.807, 2.05) is 0 Å². The number of nitrogens with one attached hydrogen (secondary N) is 2. The monoisotopic (exact) mass is 554 g/mol. The number of nitrogens with zero attached hydrogens (tertiary/aromatic N) is 3. The molecular weight excluding hydrogens is 523 g/mol. The number of halogens is 1. The third-order valence-corrected chi connectivity index (χ3v) is 7.41. The van der Waals surface area contributed by atoms with Crippen molar-refractivity contribution in [2.45, 2.75) is 49.6 Å². The topological polar surface area (TPSA) is 160 Å². The van der Waals surface area contributed by atoms with E-state index in [-0.39, 0.29) is 40.7 Å². The number of hydrogen-bond acceptors (Lipinski definition) is 8. The number of aliphatic hydroxyl groups excluding tert-OH is 1. The Bertz CT molecular complexity index is 1410. The minimum atomic E-state index is -3.80. The molecule has 0 saturated heterocycles. The second-order valence-electron chi connectivity index (χ2n) is 9.45. The maximum absolute atomic E-state index is 13.1. The Balaban J connectivity index is 1.45. The van der Waals surface area contributed by atoms with Crippen LogP contribution in [-0.2, 0) is 23.0 Å². The number of rotatable bonds is 10. The number of anilines is 1. The molecule has 1 aliphatic rings. The normalized spacial score (nSPS) is 17.7. The third kappa shape index (κ3) is 8.37. The quantitative estimate of drug-likeness (QED) is 0.280. The molecule has 0 spiro atoms. The Morgan fingerprint density at radius 1 is 1.08 bits per heavy atom. The Morgan fingerprint density at radius 2 is 1.74 bits per heavy atom. The summed E-state index contributed by atoms with van der Waals surface area (Å²) in [6.45, 7) is 0.639. The molecule has 0 aliphatic heterocycles. The predicted octanol–water partition coefficient (Wildman–Crippen LogP) is 3.10. The first-order valence-corrected chi connectivity index (χ1v) is 14.2. The first kappa shape index (κ1) is 28.3. The number of nitrogens with two attached hydrogens (primary N) is 1. The molecule has 0 bridgehead atoms. The van der Waals surface area contributed by atoms with E-state index < -0.39 is 15.9 Å². The van der Waals surface area contributed by atoms with E-state index in [4.69, 9.17) is 5.14 Å². The van der Waals surface area contributed by atoms with E-state index in [1.165, 1.54) is 30.5 Å². The van der Waals surface area contributed by atoms with E-state index in [2.05, 4.69) is 25.6 Å². The van der Waals surface area contributed by atoms with Crippen LogP contribution in [0, 0.1) is 11.7 Å². The maximum atomic E-state index is 13.1. The van der Waals surface area contributed by atoms with Crippen molar-refractivity contribution in [2.75, 3.05) is 11.9 Å². The van der Waals surface area contributed by atoms with Crippen molar-refractivity contribution in [3.8, 4) is 0 Å². The summed E-state index contributed by atoms with van der Waals surface area (Å²) in [5.74, 6) is -0.0403. The van der Waals surface area contributed by atoms with Crippen molar-refractivity contribution in [3.63, 3.8) is 0 Å². The van der Waals surface area contributed by atoms with Gasteiger partial charge in [-0.25, -0.2) is 27.9 Å². The highest BCUT2D eigenvalue weighted by Gasteiger charge is 2.19. The lowest BCUT2D eigenvalue weighted by atomic mass is 9.88. The van der Waals surface area contributed by atoms with Gasteiger partial charge in [-0.15, -0.1) is 0 Å². The molecule has 206 valence electrons. The summed E-state index contributed by atoms with van der Waals surface area (Å²) in [5, 5.41) is 20.8. The van der Waals surface area contributed by atoms with Gasteiger partial charge in [-0.1, -0.05) is 24.3 Å². The number of amides is 1. The van der Waals surface area contributed by atoms with Crippen LogP contribution in [0.3, 0.4) is 0 Å². The number of benzene rings is 2. The standard InChI is InChI=1S/C27H31FN6O4S/c28-21-7-1-18(2-8-21)13-14-30-27-33-17-24(25(34-27)31-15-19-3-9-22(35)10-4-19)26(36)32-16-20-5-11-23(12-6-20)39(29,37)38/h1-2,5-8,11-12,15,17,19,22,35H,3-4,9-10,13-14,16H2,(H,32,36)(H2,29,37,38)(H,30,33,34). The number of aromatic nitrogens is 2. The minimum Gasteiger partial charge on any atom is -0.393 e. The van der Waals surface area contributed by atoms with Crippen LogP contribution in [0.1, 0.15) is 47.2 Å². The van der Waals surface area contributed by atoms with Gasteiger partial charge >= 0.3 is 0 Å². The maximum Gasteiger partial charge on any atom is 0.256 e. The average Bonchev–Trinajstić information content (AvgIpc) is 2.92. The van der Waals surface area contributed by atoms with Crippen LogP contribution in [0.5, 0.6) is 0 Å². The first-order valence-electron chi connectivity index (χ1n) is 12.6. The summed E-state index contributed by atoms with van der Waals surface area (Å²) in [5.41, 5.74) is 1.82. The summed E-state index contributed by atoms with van der Waals surface area (Å²) >= 11 is 0. The zero-order valence-corrected chi connectivity index (χ0v) is 22.1. The summed E-state index contributed by atoms with van der Waals surface area (Å²) in [4.78, 5) is 26.3. The SMILES string of the molecule is NS(=O)(=O)c1ccc(CNC(=O)c2cnc(NCCc3ccc(F)cc3)nc2N=CC2CCC(O)CC2)cc1. The molecule has 12 heteroatoms. The highest BCUT2D eigenvalue weighted by Crippen LogP contribution is 2.25. The van der Waals surface area contributed by atoms with Gasteiger partial charge in [-0.2, -0.15) is 4.98 Å². The predicted molar refractivity (Wildman–Crippen MR) is 146 cm³/mol. The van der Waals surface area contributed by atoms with Crippen LogP contribution < -0.4 is 15.8 Å². The van der Waals surface area contributed by atoms with Crippen LogP contribution in [0.25, 0.3) is 0 Å². The van der Waals surface area contributed by atoms with Gasteiger partial charge in [0.05, 0.1) is 11.0 Å². The van der Waals surface area contributed by atoms with Gasteiger partial charge in [0.25, 0.3) is 5.91 Å². The van der Waals surface area contributed by atoms with E-state index in [0.29, 0.717) is 37.3 Å². The van der Waals surface area contributed by atoms with E-state index in [1.54, 1.807) is 30.5 Å². The van der Waals surface area contributed by atoms with Crippen molar-refractivity contribution in [2.24, 2.45) is 16.0 Å². The summed E-state index contributed by atoms with van der Waals surface area (Å²) in [6, 6.07) is 12.1. The van der Waals surface area contributed by atoms with Gasteiger partial charge in [-0.3, -0.25) is 4.79 Å². The Labute approximate surface area is 226 Å². The molecule has 4 rings (SSSR count). The summed E-state index contributed by atoms with van der Waals surface area (Å²) < 4.78 is 36.0. The number of hydrogen-bond donors (Lipinski definition) is 4. The van der Waals surface area contributed by atoms with E-state index >= 15 is 0 Å². The average molecular weight is 555 g/mol. The lowest BCUT2D eigenvalue weighted by molar-refractivity contribution is 0.0951. The molecule has 1 aromatic heterocycles. The fourth-order valence-corrected chi connectivity index (χ4v) is 4.70. The Kier molecular flexibility index (Phi) is 9.33. The molecule has 2 aromatic carbocycles. The molecule has 0 radical (unpaired) electrons. The minimum absolute atomic E-state index is 0.0136. The fourth-order valence-electron chi connectivity index (χ4n) is 4.19. The summed E-state index contributed by atoms with van der Waals surface area (Å²) in [7, 11) is -3.80. The molecule has 0 atom stereocenters. The van der Waals surface area contributed by atoms with Crippen LogP contribution in [0.4, 0.5) is 16.2 Å². The number of carbonyl (C=O) groups is 1. The zero-order valence-electron chi connectivity index (χ0n) is 21.3. The number of primary sulfonamides is 1. The molecular formula is C27H31FN6O4S. The van der Waals surface area contributed by atoms with Gasteiger partial charge in [-0.05, 0) is 73.4 Å². The number of aliphatic imine (C=N–C) groups is 1. The van der Waals surface area contributed by atoms with Crippen molar-refractivity contribution in [3.05, 3.63) is 77.2 Å². The molecule has 3 aromatic rings. The second-order valence-corrected chi connectivity index (χ2v) is 11.0. The zero-order chi connectivity index (χ0) is 27.8. The molecule has 39 heavy (non-hydrogen) atoms. The number of sulfonamides is 1. The Morgan fingerprint density at radius 3 is 2.41 bits per heavy atom. The molecule has 1 saturated carbocycles. The lowest BCUT2D eigenvalue weighted by Gasteiger charge is -2.22. The molecule has 5 N–H and O–H groups in total. The largest absolute Gasteiger partial charge is 0.393 e. The molecule has 1 aliphatic carbocycles. The fraction of sp³-hybridized carbons (Fsp3) is 0.333. The molecule has 0 unspecified atom stereocenters. The van der Waals surface area contributed by atoms with Crippen LogP contribution >= 0.6 is 0 Å². The lowest BCUT2D eigenvalue weighted by Crippen LogP contribution is -2.24. The van der Waals surface area contributed by atoms with E-state index in [9.17, 15) is 22.7 Å². The summed E-state index contributed by atoms with van der Waals surface area (Å²) in [6.07, 6.45) is 6.53. The van der Waals surface area contributed by atoms with Gasteiger partial charge < -0.3 is 15.7 Å². The van der Waals surface area contributed by atoms with Crippen LogP contribution in [0.15, 0.2) is 64.6 Å². The third-order valence-electron chi connectivity index (χ3n) is 6.48. The molecule has 1 amide bonds. The van der Waals surface area contributed by atoms with Gasteiger partial charge in [0, 0.05) is 25.5 Å². The van der Waals surface area contributed by atoms with Crippen molar-refractivity contribution >= 4 is 33.9 Å². The smallest absolute Gasteiger partial charge is 0.256 e. The first-order chi connectivity index (χ1) is 18.7. The highest BCUT2D eigenvalue weighted by molar-refractivity contribution is 7.89. The molecule has 10 nitrogen and oxygen atoms in total. The van der Waals surface area contributed by atoms with Crippen molar-refractivity contribution in [1.29, 1.82) is 0 Å². The van der Waals surface area contributed by atoms with Gasteiger partial charge in [0.1, 0.15) is 11.4 Å². The number of aliphatic hydroxyl groups is 1. The number of carbonyl (C=O) groups excluding carboxylic acids is 1. The van der Waals surface area contributed by atoms with Crippen molar-refractivity contribution < 1.29 is 22.7 Å². The van der Waals surface area contributed by atoms with Gasteiger partial charge in [0.2, 0.25) is 16.0 Å². The Hall–Kier alpha value is -3.74. The van der Waals surface area contributed by atoms with Crippen LogP contribution in [-0.4, -0.2) is 48.3 Å². The molecule has 1 fully saturated rings.